The van der Waals surface area contributed by atoms with E-state index in [0.29, 0.717) is 5.69 Å². The number of benzene rings is 2. The first-order valence-electron chi connectivity index (χ1n) is 14.4. The van der Waals surface area contributed by atoms with Crippen LogP contribution in [0.1, 0.15) is 33.3 Å². The van der Waals surface area contributed by atoms with Crippen molar-refractivity contribution in [2.24, 2.45) is 4.99 Å². The van der Waals surface area contributed by atoms with E-state index >= 15 is 0 Å². The number of halogens is 1. The Morgan fingerprint density at radius 2 is 1.45 bits per heavy atom. The fraction of sp³-hybridized carbons (Fsp3) is 0.375. The maximum absolute atomic E-state index is 13.9. The highest BCUT2D eigenvalue weighted by atomic mass is 79.9. The van der Waals surface area contributed by atoms with Crippen LogP contribution in [0.4, 0.5) is 11.4 Å². The third kappa shape index (κ3) is 9.20. The first-order chi connectivity index (χ1) is 22.2. The summed E-state index contributed by atoms with van der Waals surface area (Å²) in [4.78, 5) is 70.3. The van der Waals surface area contributed by atoms with E-state index in [4.69, 9.17) is 23.7 Å². The molecule has 2 aromatic carbocycles. The number of hydrogen-bond donors (Lipinski definition) is 0. The zero-order chi connectivity index (χ0) is 34.4. The minimum atomic E-state index is -1.36. The van der Waals surface area contributed by atoms with Crippen LogP contribution in [0.5, 0.6) is 0 Å². The molecular weight excluding hydrogens is 698 g/mol. The molecular formula is C32H34BrN3O10S. The van der Waals surface area contributed by atoms with Gasteiger partial charge in [0.25, 0.3) is 5.91 Å². The number of amides is 1. The number of hydrogen-bond acceptors (Lipinski definition) is 13. The first-order valence-corrected chi connectivity index (χ1v) is 16.1. The standard InChI is InChI=1S/C32H34BrN3O10S/c1-17(37)42-16-26-27(43-18(2)38)28(44-19(3)39)29(45-20(4)40)31(46-26)47-32-34-25(15-21-7-11-23(12-8-21)35(5)6)30(41)36(32)24-13-9-22(33)10-14-24/h7-15,26-29,31H,16H2,1-6H3/b25-15-/t26-,27-,28+,29-,31+/m1/s1. The molecule has 0 unspecified atom stereocenters. The normalized spacial score (nSPS) is 23.2. The minimum Gasteiger partial charge on any atom is -0.463 e. The smallest absolute Gasteiger partial charge is 0.303 e. The minimum absolute atomic E-state index is 0.124. The molecule has 2 heterocycles. The number of amidine groups is 1. The molecule has 250 valence electrons. The molecule has 47 heavy (non-hydrogen) atoms. The van der Waals surface area contributed by atoms with Crippen molar-refractivity contribution in [3.8, 4) is 0 Å². The van der Waals surface area contributed by atoms with Crippen LogP contribution in [0.25, 0.3) is 6.08 Å². The number of rotatable bonds is 9. The Bertz CT molecular complexity index is 1580. The Balaban J connectivity index is 1.79. The topological polar surface area (TPSA) is 150 Å². The Kier molecular flexibility index (Phi) is 11.8. The Morgan fingerprint density at radius 1 is 0.872 bits per heavy atom. The Hall–Kier alpha value is -4.21. The van der Waals surface area contributed by atoms with E-state index in [9.17, 15) is 24.0 Å². The molecule has 13 nitrogen and oxygen atoms in total. The van der Waals surface area contributed by atoms with Crippen molar-refractivity contribution >= 4 is 80.1 Å². The van der Waals surface area contributed by atoms with Crippen LogP contribution in [-0.4, -0.2) is 85.5 Å². The molecule has 1 amide bonds. The van der Waals surface area contributed by atoms with Crippen molar-refractivity contribution < 1.29 is 47.7 Å². The summed E-state index contributed by atoms with van der Waals surface area (Å²) in [7, 11) is 3.84. The van der Waals surface area contributed by atoms with Gasteiger partial charge in [0.2, 0.25) is 0 Å². The molecule has 1 fully saturated rings. The third-order valence-corrected chi connectivity index (χ3v) is 8.42. The number of carbonyl (C=O) groups is 5. The number of esters is 4. The molecule has 0 radical (unpaired) electrons. The largest absolute Gasteiger partial charge is 0.463 e. The van der Waals surface area contributed by atoms with Gasteiger partial charge >= 0.3 is 23.9 Å². The van der Waals surface area contributed by atoms with E-state index in [1.54, 1.807) is 30.3 Å². The van der Waals surface area contributed by atoms with Crippen LogP contribution in [0.3, 0.4) is 0 Å². The average molecular weight is 733 g/mol. The van der Waals surface area contributed by atoms with Crippen LogP contribution in [0.15, 0.2) is 63.7 Å². The lowest BCUT2D eigenvalue weighted by atomic mass is 9.99. The average Bonchev–Trinajstić information content (AvgIpc) is 3.28. The molecule has 0 spiro atoms. The fourth-order valence-electron chi connectivity index (χ4n) is 4.81. The lowest BCUT2D eigenvalue weighted by Gasteiger charge is -2.44. The molecule has 2 aliphatic heterocycles. The number of nitrogens with zero attached hydrogens (tertiary/aromatic N) is 3. The number of anilines is 2. The lowest BCUT2D eigenvalue weighted by molar-refractivity contribution is -0.237. The zero-order valence-corrected chi connectivity index (χ0v) is 28.9. The summed E-state index contributed by atoms with van der Waals surface area (Å²) in [5.41, 5.74) is 1.14. The van der Waals surface area contributed by atoms with Crippen molar-refractivity contribution in [3.63, 3.8) is 0 Å². The second-order valence-electron chi connectivity index (χ2n) is 10.7. The highest BCUT2D eigenvalue weighted by Gasteiger charge is 2.53. The zero-order valence-electron chi connectivity index (χ0n) is 26.5. The van der Waals surface area contributed by atoms with E-state index in [2.05, 4.69) is 20.9 Å². The number of aliphatic imine (C=N–C) groups is 1. The molecule has 0 bridgehead atoms. The van der Waals surface area contributed by atoms with Gasteiger partial charge in [-0.3, -0.25) is 28.9 Å². The van der Waals surface area contributed by atoms with Gasteiger partial charge in [-0.2, -0.15) is 0 Å². The maximum atomic E-state index is 13.9. The second kappa shape index (κ2) is 15.6. The quantitative estimate of drug-likeness (QED) is 0.208. The van der Waals surface area contributed by atoms with Crippen LogP contribution >= 0.6 is 27.7 Å². The number of thioether (sulfide) groups is 1. The van der Waals surface area contributed by atoms with E-state index in [0.717, 1.165) is 48.3 Å². The number of ether oxygens (including phenoxy) is 5. The molecule has 2 aliphatic rings. The first kappa shape index (κ1) is 35.6. The maximum Gasteiger partial charge on any atom is 0.303 e. The molecule has 0 saturated carbocycles. The van der Waals surface area contributed by atoms with Crippen molar-refractivity contribution in [1.29, 1.82) is 0 Å². The summed E-state index contributed by atoms with van der Waals surface area (Å²) < 4.78 is 28.8. The van der Waals surface area contributed by atoms with Crippen LogP contribution in [-0.2, 0) is 47.7 Å². The van der Waals surface area contributed by atoms with Gasteiger partial charge < -0.3 is 28.6 Å². The van der Waals surface area contributed by atoms with E-state index in [1.165, 1.54) is 11.8 Å². The van der Waals surface area contributed by atoms with Crippen molar-refractivity contribution in [2.45, 2.75) is 57.5 Å². The lowest BCUT2D eigenvalue weighted by Crippen LogP contribution is -2.61. The second-order valence-corrected chi connectivity index (χ2v) is 12.7. The van der Waals surface area contributed by atoms with E-state index in [-0.39, 0.29) is 17.5 Å². The van der Waals surface area contributed by atoms with Crippen molar-refractivity contribution in [2.75, 3.05) is 30.5 Å². The summed E-state index contributed by atoms with van der Waals surface area (Å²) in [6, 6.07) is 14.5. The Morgan fingerprint density at radius 3 is 2.00 bits per heavy atom. The van der Waals surface area contributed by atoms with Gasteiger partial charge in [0.15, 0.2) is 28.9 Å². The summed E-state index contributed by atoms with van der Waals surface area (Å²) >= 11 is 4.34. The highest BCUT2D eigenvalue weighted by Crippen LogP contribution is 2.39. The van der Waals surface area contributed by atoms with E-state index < -0.39 is 59.6 Å². The van der Waals surface area contributed by atoms with Crippen LogP contribution in [0, 0.1) is 0 Å². The molecule has 0 aliphatic carbocycles. The van der Waals surface area contributed by atoms with Gasteiger partial charge in [0.1, 0.15) is 18.4 Å². The number of carbonyl (C=O) groups excluding carboxylic acids is 5. The predicted molar refractivity (Wildman–Crippen MR) is 177 cm³/mol. The molecule has 5 atom stereocenters. The van der Waals surface area contributed by atoms with Gasteiger partial charge in [0.05, 0.1) is 5.69 Å². The van der Waals surface area contributed by atoms with Gasteiger partial charge in [-0.05, 0) is 48.0 Å². The summed E-state index contributed by atoms with van der Waals surface area (Å²) in [5, 5.41) is 0.161. The predicted octanol–water partition coefficient (Wildman–Crippen LogP) is 4.08. The molecule has 15 heteroatoms. The van der Waals surface area contributed by atoms with Crippen molar-refractivity contribution in [3.05, 3.63) is 64.3 Å². The fourth-order valence-corrected chi connectivity index (χ4v) is 6.27. The summed E-state index contributed by atoms with van der Waals surface area (Å²) in [5.74, 6) is -3.30. The third-order valence-electron chi connectivity index (χ3n) is 6.80. The van der Waals surface area contributed by atoms with Gasteiger partial charge in [-0.15, -0.1) is 0 Å². The van der Waals surface area contributed by atoms with Crippen LogP contribution < -0.4 is 9.80 Å². The van der Waals surface area contributed by atoms with Gasteiger partial charge in [-0.1, -0.05) is 39.8 Å². The van der Waals surface area contributed by atoms with Crippen LogP contribution in [0.2, 0.25) is 0 Å². The molecule has 0 aromatic heterocycles. The van der Waals surface area contributed by atoms with Gasteiger partial charge in [-0.25, -0.2) is 4.99 Å². The molecule has 4 rings (SSSR count). The SMILES string of the molecule is CC(=O)OC[C@H]1O[C@@H](SC2=N/C(=C\c3ccc(N(C)C)cc3)C(=O)N2c2ccc(Br)cc2)[C@H](OC(C)=O)[C@@H](OC(C)=O)[C@@H]1OC(C)=O. The van der Waals surface area contributed by atoms with E-state index in [1.807, 2.05) is 43.3 Å². The molecule has 1 saturated heterocycles. The Labute approximate surface area is 284 Å². The summed E-state index contributed by atoms with van der Waals surface area (Å²) in [6.45, 7) is 4.26. The molecule has 0 N–H and O–H groups in total. The van der Waals surface area contributed by atoms with Crippen molar-refractivity contribution in [1.82, 2.24) is 0 Å². The highest BCUT2D eigenvalue weighted by molar-refractivity contribution is 9.10. The van der Waals surface area contributed by atoms with Gasteiger partial charge in [0, 0.05) is 52.0 Å². The summed E-state index contributed by atoms with van der Waals surface area (Å²) in [6.07, 6.45) is -3.52. The monoisotopic (exact) mass is 731 g/mol. The molecule has 2 aromatic rings.